The number of pyridine rings is 1. The van der Waals surface area contributed by atoms with Gasteiger partial charge in [0.25, 0.3) is 11.5 Å². The zero-order chi connectivity index (χ0) is 16.5. The number of hydrogen-bond acceptors (Lipinski definition) is 4. The summed E-state index contributed by atoms with van der Waals surface area (Å²) in [7, 11) is 0. The highest BCUT2D eigenvalue weighted by atomic mass is 32.1. The smallest absolute Gasteiger partial charge is 0.261 e. The standard InChI is InChI=1S/C18H21N3O2S/c22-16-14(10-12-4-1-2-6-15(12)20-16)18(23)21-8-3-5-13(11-21)17-19-7-9-24-17/h7,9-10,13H,1-6,8,11H2,(H,20,22)/t13-/m0/s1. The second-order valence-electron chi connectivity index (χ2n) is 6.68. The normalized spacial score (nSPS) is 20.7. The fraction of sp³-hybridized carbons (Fsp3) is 0.500. The van der Waals surface area contributed by atoms with Crippen LogP contribution < -0.4 is 5.56 Å². The molecule has 1 N–H and O–H groups in total. The maximum atomic E-state index is 12.9. The van der Waals surface area contributed by atoms with Gasteiger partial charge in [0.2, 0.25) is 0 Å². The van der Waals surface area contributed by atoms with Gasteiger partial charge in [-0.15, -0.1) is 11.3 Å². The van der Waals surface area contributed by atoms with E-state index in [1.165, 1.54) is 0 Å². The van der Waals surface area contributed by atoms with Gasteiger partial charge in [-0.25, -0.2) is 4.98 Å². The molecule has 1 atom stereocenters. The highest BCUT2D eigenvalue weighted by molar-refractivity contribution is 7.09. The van der Waals surface area contributed by atoms with Crippen molar-refractivity contribution in [1.82, 2.24) is 14.9 Å². The molecule has 2 aromatic heterocycles. The third-order valence-corrected chi connectivity index (χ3v) is 6.02. The molecular weight excluding hydrogens is 322 g/mol. The van der Waals surface area contributed by atoms with Crippen molar-refractivity contribution in [2.24, 2.45) is 0 Å². The second kappa shape index (κ2) is 6.51. The van der Waals surface area contributed by atoms with Crippen molar-refractivity contribution in [3.05, 3.63) is 49.8 Å². The Morgan fingerprint density at radius 2 is 2.17 bits per heavy atom. The molecule has 5 nitrogen and oxygen atoms in total. The van der Waals surface area contributed by atoms with Crippen molar-refractivity contribution >= 4 is 17.2 Å². The van der Waals surface area contributed by atoms with E-state index in [1.54, 1.807) is 11.3 Å². The van der Waals surface area contributed by atoms with Crippen molar-refractivity contribution in [2.45, 2.75) is 44.4 Å². The minimum absolute atomic E-state index is 0.133. The van der Waals surface area contributed by atoms with Crippen molar-refractivity contribution in [2.75, 3.05) is 13.1 Å². The van der Waals surface area contributed by atoms with Crippen LogP contribution in [0.4, 0.5) is 0 Å². The second-order valence-corrected chi connectivity index (χ2v) is 7.61. The average Bonchev–Trinajstić information content (AvgIpc) is 3.15. The van der Waals surface area contributed by atoms with Gasteiger partial charge in [0.1, 0.15) is 5.56 Å². The highest BCUT2D eigenvalue weighted by Gasteiger charge is 2.28. The molecule has 0 bridgehead atoms. The molecule has 24 heavy (non-hydrogen) atoms. The van der Waals surface area contributed by atoms with Gasteiger partial charge in [0.15, 0.2) is 0 Å². The van der Waals surface area contributed by atoms with E-state index in [2.05, 4.69) is 9.97 Å². The van der Waals surface area contributed by atoms with Crippen LogP contribution in [-0.4, -0.2) is 33.9 Å². The summed E-state index contributed by atoms with van der Waals surface area (Å²) >= 11 is 1.64. The molecule has 0 spiro atoms. The molecule has 0 radical (unpaired) electrons. The number of aromatic amines is 1. The summed E-state index contributed by atoms with van der Waals surface area (Å²) in [6.07, 6.45) is 7.93. The summed E-state index contributed by atoms with van der Waals surface area (Å²) in [5, 5.41) is 3.07. The van der Waals surface area contributed by atoms with Crippen LogP contribution in [0.1, 0.15) is 58.2 Å². The number of fused-ring (bicyclic) bond motifs is 1. The molecule has 1 fully saturated rings. The van der Waals surface area contributed by atoms with E-state index in [0.717, 1.165) is 61.3 Å². The maximum absolute atomic E-state index is 12.9. The van der Waals surface area contributed by atoms with Crippen LogP contribution in [-0.2, 0) is 12.8 Å². The number of rotatable bonds is 2. The van der Waals surface area contributed by atoms with Crippen LogP contribution >= 0.6 is 11.3 Å². The fourth-order valence-corrected chi connectivity index (χ4v) is 4.57. The molecule has 2 aromatic rings. The van der Waals surface area contributed by atoms with Gasteiger partial charge in [-0.3, -0.25) is 9.59 Å². The zero-order valence-electron chi connectivity index (χ0n) is 13.6. The maximum Gasteiger partial charge on any atom is 0.261 e. The monoisotopic (exact) mass is 343 g/mol. The molecule has 1 aliphatic carbocycles. The molecule has 4 rings (SSSR count). The first-order chi connectivity index (χ1) is 11.7. The Morgan fingerprint density at radius 3 is 3.00 bits per heavy atom. The molecule has 6 heteroatoms. The molecule has 2 aliphatic rings. The Kier molecular flexibility index (Phi) is 4.22. The third kappa shape index (κ3) is 2.90. The molecule has 0 unspecified atom stereocenters. The Hall–Kier alpha value is -1.95. The topological polar surface area (TPSA) is 66.1 Å². The number of aryl methyl sites for hydroxylation is 2. The lowest BCUT2D eigenvalue weighted by molar-refractivity contribution is 0.0705. The van der Waals surface area contributed by atoms with Gasteiger partial charge < -0.3 is 9.88 Å². The molecule has 1 amide bonds. The Bertz CT molecular complexity index is 797. The lowest BCUT2D eigenvalue weighted by atomic mass is 9.94. The summed E-state index contributed by atoms with van der Waals surface area (Å²) < 4.78 is 0. The lowest BCUT2D eigenvalue weighted by Crippen LogP contribution is -2.41. The summed E-state index contributed by atoms with van der Waals surface area (Å²) in [4.78, 5) is 34.4. The van der Waals surface area contributed by atoms with E-state index in [-0.39, 0.29) is 11.5 Å². The minimum atomic E-state index is -0.239. The van der Waals surface area contributed by atoms with E-state index in [0.29, 0.717) is 18.0 Å². The predicted molar refractivity (Wildman–Crippen MR) is 93.7 cm³/mol. The third-order valence-electron chi connectivity index (χ3n) is 5.08. The van der Waals surface area contributed by atoms with Crippen molar-refractivity contribution in [1.29, 1.82) is 0 Å². The van der Waals surface area contributed by atoms with Crippen molar-refractivity contribution in [3.63, 3.8) is 0 Å². The molecule has 1 saturated heterocycles. The van der Waals surface area contributed by atoms with Gasteiger partial charge in [0.05, 0.1) is 5.01 Å². The number of piperidine rings is 1. The quantitative estimate of drug-likeness (QED) is 0.912. The average molecular weight is 343 g/mol. The van der Waals surface area contributed by atoms with Gasteiger partial charge in [0, 0.05) is 36.3 Å². The first-order valence-corrected chi connectivity index (χ1v) is 9.54. The number of thiazole rings is 1. The Balaban J connectivity index is 1.58. The van der Waals surface area contributed by atoms with Crippen LogP contribution in [0.2, 0.25) is 0 Å². The van der Waals surface area contributed by atoms with E-state index < -0.39 is 0 Å². The highest BCUT2D eigenvalue weighted by Crippen LogP contribution is 2.29. The van der Waals surface area contributed by atoms with Crippen LogP contribution in [0.3, 0.4) is 0 Å². The molecule has 1 aliphatic heterocycles. The number of nitrogens with one attached hydrogen (secondary N) is 1. The predicted octanol–water partition coefficient (Wildman–Crippen LogP) is 2.73. The van der Waals surface area contributed by atoms with Gasteiger partial charge in [-0.2, -0.15) is 0 Å². The van der Waals surface area contributed by atoms with Crippen LogP contribution in [0.5, 0.6) is 0 Å². The summed E-state index contributed by atoms with van der Waals surface area (Å²) in [5.74, 6) is 0.158. The van der Waals surface area contributed by atoms with Crippen molar-refractivity contribution in [3.8, 4) is 0 Å². The summed E-state index contributed by atoms with van der Waals surface area (Å²) in [5.41, 5.74) is 2.22. The van der Waals surface area contributed by atoms with Crippen molar-refractivity contribution < 1.29 is 4.79 Å². The molecule has 3 heterocycles. The largest absolute Gasteiger partial charge is 0.338 e. The van der Waals surface area contributed by atoms with E-state index in [4.69, 9.17) is 0 Å². The zero-order valence-corrected chi connectivity index (χ0v) is 14.4. The van der Waals surface area contributed by atoms with Crippen LogP contribution in [0.15, 0.2) is 22.4 Å². The van der Waals surface area contributed by atoms with Gasteiger partial charge in [-0.1, -0.05) is 0 Å². The molecular formula is C18H21N3O2S. The number of likely N-dealkylation sites (tertiary alicyclic amines) is 1. The van der Waals surface area contributed by atoms with E-state index in [9.17, 15) is 9.59 Å². The van der Waals surface area contributed by atoms with Gasteiger partial charge >= 0.3 is 0 Å². The fourth-order valence-electron chi connectivity index (χ4n) is 3.80. The van der Waals surface area contributed by atoms with E-state index >= 15 is 0 Å². The summed E-state index contributed by atoms with van der Waals surface area (Å²) in [6.45, 7) is 1.38. The van der Waals surface area contributed by atoms with Crippen LogP contribution in [0, 0.1) is 0 Å². The number of amides is 1. The molecule has 0 saturated carbocycles. The first-order valence-electron chi connectivity index (χ1n) is 8.66. The number of carbonyl (C=O) groups is 1. The number of hydrogen-bond donors (Lipinski definition) is 1. The number of aromatic nitrogens is 2. The Morgan fingerprint density at radius 1 is 1.29 bits per heavy atom. The van der Waals surface area contributed by atoms with Gasteiger partial charge in [-0.05, 0) is 50.2 Å². The number of carbonyl (C=O) groups excluding carboxylic acids is 1. The lowest BCUT2D eigenvalue weighted by Gasteiger charge is -2.32. The molecule has 0 aromatic carbocycles. The van der Waals surface area contributed by atoms with E-state index in [1.807, 2.05) is 22.5 Å². The molecule has 126 valence electrons. The SMILES string of the molecule is O=C(c1cc2c([nH]c1=O)CCCC2)N1CCC[C@H](c2nccs2)C1. The first kappa shape index (κ1) is 15.6. The summed E-state index contributed by atoms with van der Waals surface area (Å²) in [6, 6.07) is 1.84. The van der Waals surface area contributed by atoms with Crippen LogP contribution in [0.25, 0.3) is 0 Å². The number of H-pyrrole nitrogens is 1. The minimum Gasteiger partial charge on any atom is -0.338 e. The number of nitrogens with zero attached hydrogens (tertiary/aromatic N) is 2. The Labute approximate surface area is 144 Å².